The van der Waals surface area contributed by atoms with E-state index in [1.807, 2.05) is 6.07 Å². The first-order chi connectivity index (χ1) is 8.61. The number of alkyl halides is 1. The molecule has 1 aliphatic rings. The van der Waals surface area contributed by atoms with Crippen LogP contribution < -0.4 is 5.32 Å². The Kier molecular flexibility index (Phi) is 3.87. The van der Waals surface area contributed by atoms with E-state index in [0.717, 1.165) is 11.3 Å². The molecule has 0 spiro atoms. The number of fused-ring (bicyclic) bond motifs is 1. The summed E-state index contributed by atoms with van der Waals surface area (Å²) in [5.41, 5.74) is 2.50. The topological polar surface area (TPSA) is 55.4 Å². The van der Waals surface area contributed by atoms with Crippen LogP contribution in [-0.4, -0.2) is 18.5 Å². The molecule has 0 saturated carbocycles. The van der Waals surface area contributed by atoms with Gasteiger partial charge < -0.3 is 10.1 Å². The highest BCUT2D eigenvalue weighted by Gasteiger charge is 2.21. The molecule has 1 atom stereocenters. The van der Waals surface area contributed by atoms with E-state index in [1.54, 1.807) is 19.1 Å². The standard InChI is InChI=1S/C13H14ClNO3/c1-2-18-13(17)12(14)9-3-5-10-8(7-9)4-6-11(16)15-10/h3,5,7,12H,2,4,6H2,1H3,(H,15,16). The highest BCUT2D eigenvalue weighted by atomic mass is 35.5. The number of benzene rings is 1. The largest absolute Gasteiger partial charge is 0.465 e. The van der Waals surface area contributed by atoms with Gasteiger partial charge in [0.2, 0.25) is 5.91 Å². The number of carbonyl (C=O) groups excluding carboxylic acids is 2. The fourth-order valence-corrected chi connectivity index (χ4v) is 2.11. The molecule has 0 aliphatic carbocycles. The van der Waals surface area contributed by atoms with Gasteiger partial charge in [-0.1, -0.05) is 12.1 Å². The van der Waals surface area contributed by atoms with E-state index in [4.69, 9.17) is 16.3 Å². The number of rotatable bonds is 3. The summed E-state index contributed by atoms with van der Waals surface area (Å²) in [5.74, 6) is -0.429. The lowest BCUT2D eigenvalue weighted by Crippen LogP contribution is -2.19. The molecule has 0 saturated heterocycles. The minimum Gasteiger partial charge on any atom is -0.465 e. The number of halogens is 1. The number of esters is 1. The van der Waals surface area contributed by atoms with Crippen LogP contribution in [0.15, 0.2) is 18.2 Å². The molecule has 1 aliphatic heterocycles. The summed E-state index contributed by atoms with van der Waals surface area (Å²) < 4.78 is 4.88. The van der Waals surface area contributed by atoms with Crippen molar-refractivity contribution in [3.05, 3.63) is 29.3 Å². The van der Waals surface area contributed by atoms with E-state index in [2.05, 4.69) is 5.32 Å². The van der Waals surface area contributed by atoms with Crippen LogP contribution in [0.2, 0.25) is 0 Å². The first-order valence-corrected chi connectivity index (χ1v) is 6.29. The van der Waals surface area contributed by atoms with Gasteiger partial charge in [0.1, 0.15) is 0 Å². The molecule has 1 amide bonds. The molecule has 0 radical (unpaired) electrons. The Morgan fingerprint density at radius 1 is 1.50 bits per heavy atom. The number of aryl methyl sites for hydroxylation is 1. The number of hydrogen-bond donors (Lipinski definition) is 1. The van der Waals surface area contributed by atoms with Crippen LogP contribution in [0.4, 0.5) is 5.69 Å². The molecule has 18 heavy (non-hydrogen) atoms. The van der Waals surface area contributed by atoms with Gasteiger partial charge >= 0.3 is 5.97 Å². The molecule has 96 valence electrons. The van der Waals surface area contributed by atoms with Crippen LogP contribution in [0.5, 0.6) is 0 Å². The Bertz CT molecular complexity index is 487. The van der Waals surface area contributed by atoms with E-state index >= 15 is 0 Å². The van der Waals surface area contributed by atoms with Gasteiger partial charge in [-0.25, -0.2) is 0 Å². The molecule has 5 heteroatoms. The number of carbonyl (C=O) groups is 2. The number of amides is 1. The third kappa shape index (κ3) is 2.64. The molecule has 0 aromatic heterocycles. The molecule has 1 aromatic carbocycles. The van der Waals surface area contributed by atoms with Crippen molar-refractivity contribution in [1.29, 1.82) is 0 Å². The fourth-order valence-electron chi connectivity index (χ4n) is 1.91. The van der Waals surface area contributed by atoms with Crippen molar-refractivity contribution in [2.24, 2.45) is 0 Å². The normalized spacial score (nSPS) is 15.6. The second-order valence-corrected chi connectivity index (χ2v) is 4.52. The summed E-state index contributed by atoms with van der Waals surface area (Å²) in [5, 5.41) is 1.98. The van der Waals surface area contributed by atoms with Crippen LogP contribution in [0, 0.1) is 0 Å². The zero-order valence-electron chi connectivity index (χ0n) is 10.0. The predicted octanol–water partition coefficient (Wildman–Crippen LogP) is 2.41. The maximum Gasteiger partial charge on any atom is 0.328 e. The highest BCUT2D eigenvalue weighted by molar-refractivity contribution is 6.30. The monoisotopic (exact) mass is 267 g/mol. The molecule has 2 rings (SSSR count). The van der Waals surface area contributed by atoms with Crippen molar-refractivity contribution >= 4 is 29.2 Å². The van der Waals surface area contributed by atoms with Crippen molar-refractivity contribution in [3.8, 4) is 0 Å². The quantitative estimate of drug-likeness (QED) is 0.676. The Hall–Kier alpha value is -1.55. The van der Waals surface area contributed by atoms with Gasteiger partial charge in [0.25, 0.3) is 0 Å². The molecule has 1 N–H and O–H groups in total. The predicted molar refractivity (Wildman–Crippen MR) is 68.6 cm³/mol. The van der Waals surface area contributed by atoms with Crippen LogP contribution in [0.25, 0.3) is 0 Å². The third-order valence-electron chi connectivity index (χ3n) is 2.81. The van der Waals surface area contributed by atoms with E-state index in [1.165, 1.54) is 0 Å². The number of anilines is 1. The minimum atomic E-state index is -0.798. The van der Waals surface area contributed by atoms with Crippen molar-refractivity contribution in [2.75, 3.05) is 11.9 Å². The summed E-state index contributed by atoms with van der Waals surface area (Å²) in [6, 6.07) is 5.36. The van der Waals surface area contributed by atoms with Gasteiger partial charge in [0, 0.05) is 12.1 Å². The van der Waals surface area contributed by atoms with Crippen LogP contribution in [0.1, 0.15) is 29.8 Å². The van der Waals surface area contributed by atoms with Gasteiger partial charge in [-0.3, -0.25) is 9.59 Å². The maximum absolute atomic E-state index is 11.5. The van der Waals surface area contributed by atoms with E-state index in [0.29, 0.717) is 25.0 Å². The lowest BCUT2D eigenvalue weighted by molar-refractivity contribution is -0.142. The first-order valence-electron chi connectivity index (χ1n) is 5.85. The average molecular weight is 268 g/mol. The Balaban J connectivity index is 2.21. The summed E-state index contributed by atoms with van der Waals surface area (Å²) >= 11 is 6.04. The molecule has 1 aromatic rings. The number of nitrogens with one attached hydrogen (secondary N) is 1. The molecular weight excluding hydrogens is 254 g/mol. The molecule has 0 fully saturated rings. The van der Waals surface area contributed by atoms with E-state index in [-0.39, 0.29) is 5.91 Å². The molecule has 4 nitrogen and oxygen atoms in total. The number of ether oxygens (including phenoxy) is 1. The Labute approximate surface area is 110 Å². The lowest BCUT2D eigenvalue weighted by atomic mass is 9.99. The summed E-state index contributed by atoms with van der Waals surface area (Å²) in [4.78, 5) is 22.8. The van der Waals surface area contributed by atoms with Crippen molar-refractivity contribution < 1.29 is 14.3 Å². The minimum absolute atomic E-state index is 0.0167. The lowest BCUT2D eigenvalue weighted by Gasteiger charge is -2.18. The van der Waals surface area contributed by atoms with Gasteiger partial charge in [-0.15, -0.1) is 11.6 Å². The van der Waals surface area contributed by atoms with Crippen LogP contribution in [0.3, 0.4) is 0 Å². The van der Waals surface area contributed by atoms with Crippen molar-refractivity contribution in [1.82, 2.24) is 0 Å². The second kappa shape index (κ2) is 5.40. The first kappa shape index (κ1) is 12.9. The van der Waals surface area contributed by atoms with E-state index < -0.39 is 11.3 Å². The van der Waals surface area contributed by atoms with E-state index in [9.17, 15) is 9.59 Å². The second-order valence-electron chi connectivity index (χ2n) is 4.08. The maximum atomic E-state index is 11.5. The SMILES string of the molecule is CCOC(=O)C(Cl)c1ccc2c(c1)CCC(=O)N2. The highest BCUT2D eigenvalue weighted by Crippen LogP contribution is 2.29. The fraction of sp³-hybridized carbons (Fsp3) is 0.385. The van der Waals surface area contributed by atoms with Crippen molar-refractivity contribution in [2.45, 2.75) is 25.1 Å². The molecule has 1 heterocycles. The smallest absolute Gasteiger partial charge is 0.328 e. The Morgan fingerprint density at radius 2 is 2.28 bits per heavy atom. The molecule has 0 bridgehead atoms. The third-order valence-corrected chi connectivity index (χ3v) is 3.24. The number of hydrogen-bond acceptors (Lipinski definition) is 3. The molecular formula is C13H14ClNO3. The zero-order chi connectivity index (χ0) is 13.1. The zero-order valence-corrected chi connectivity index (χ0v) is 10.8. The van der Waals surface area contributed by atoms with Gasteiger partial charge in [0.15, 0.2) is 5.38 Å². The van der Waals surface area contributed by atoms with Gasteiger partial charge in [-0.2, -0.15) is 0 Å². The van der Waals surface area contributed by atoms with Gasteiger partial charge in [-0.05, 0) is 30.5 Å². The van der Waals surface area contributed by atoms with Crippen molar-refractivity contribution in [3.63, 3.8) is 0 Å². The average Bonchev–Trinajstić information content (AvgIpc) is 2.37. The molecule has 1 unspecified atom stereocenters. The van der Waals surface area contributed by atoms with Gasteiger partial charge in [0.05, 0.1) is 6.61 Å². The van der Waals surface area contributed by atoms with Crippen LogP contribution >= 0.6 is 11.6 Å². The Morgan fingerprint density at radius 3 is 3.00 bits per heavy atom. The summed E-state index contributed by atoms with van der Waals surface area (Å²) in [7, 11) is 0. The van der Waals surface area contributed by atoms with Crippen LogP contribution in [-0.2, 0) is 20.7 Å². The summed E-state index contributed by atoms with van der Waals surface area (Å²) in [6.45, 7) is 2.05. The summed E-state index contributed by atoms with van der Waals surface area (Å²) in [6.07, 6.45) is 1.13.